The van der Waals surface area contributed by atoms with Gasteiger partial charge in [0.25, 0.3) is 0 Å². The van der Waals surface area contributed by atoms with E-state index in [1.165, 1.54) is 0 Å². The van der Waals surface area contributed by atoms with Gasteiger partial charge in [-0.25, -0.2) is 0 Å². The van der Waals surface area contributed by atoms with Crippen molar-refractivity contribution in [3.05, 3.63) is 51.8 Å². The first-order valence-corrected chi connectivity index (χ1v) is 7.64. The van der Waals surface area contributed by atoms with Gasteiger partial charge in [0.1, 0.15) is 0 Å². The lowest BCUT2D eigenvalue weighted by molar-refractivity contribution is 0.0991. The average Bonchev–Trinajstić information content (AvgIpc) is 2.89. The number of rotatable bonds is 5. The molecule has 4 heteroatoms. The summed E-state index contributed by atoms with van der Waals surface area (Å²) in [4.78, 5) is 12.4. The first-order chi connectivity index (χ1) is 9.52. The Labute approximate surface area is 128 Å². The molecule has 0 aliphatic carbocycles. The summed E-state index contributed by atoms with van der Waals surface area (Å²) in [5.74, 6) is 0.0926. The Bertz CT molecular complexity index is 619. The van der Waals surface area contributed by atoms with Crippen LogP contribution in [0.1, 0.15) is 47.9 Å². The fourth-order valence-corrected chi connectivity index (χ4v) is 2.51. The van der Waals surface area contributed by atoms with Gasteiger partial charge in [-0.3, -0.25) is 9.48 Å². The Hall–Kier alpha value is -1.42. The smallest absolute Gasteiger partial charge is 0.170 e. The summed E-state index contributed by atoms with van der Waals surface area (Å²) in [6.45, 7) is 6.23. The Morgan fingerprint density at radius 2 is 2.15 bits per heavy atom. The van der Waals surface area contributed by atoms with Crippen LogP contribution in [-0.4, -0.2) is 15.6 Å². The van der Waals surface area contributed by atoms with E-state index < -0.39 is 0 Å². The van der Waals surface area contributed by atoms with Crippen LogP contribution in [0.25, 0.3) is 0 Å². The standard InChI is InChI=1S/C16H19BrN2O/c1-4-12(3)19-9-8-13(18-19)10-15(20)14-7-5-6-11(2)16(14)17/h5-9,12H,4,10H2,1-3H3. The quantitative estimate of drug-likeness (QED) is 0.762. The molecule has 0 spiro atoms. The Balaban J connectivity index is 2.15. The molecular formula is C16H19BrN2O. The van der Waals surface area contributed by atoms with Gasteiger partial charge in [0.2, 0.25) is 0 Å². The highest BCUT2D eigenvalue weighted by molar-refractivity contribution is 9.10. The SMILES string of the molecule is CCC(C)n1ccc(CC(=O)c2cccc(C)c2Br)n1. The number of carbonyl (C=O) groups is 1. The first kappa shape index (κ1) is 15.0. The van der Waals surface area contributed by atoms with Crippen molar-refractivity contribution >= 4 is 21.7 Å². The number of benzene rings is 1. The second-order valence-electron chi connectivity index (χ2n) is 5.08. The molecule has 1 aromatic carbocycles. The number of Topliss-reactive ketones (excluding diaryl/α,β-unsaturated/α-hetero) is 1. The molecule has 106 valence electrons. The third-order valence-electron chi connectivity index (χ3n) is 3.54. The number of carbonyl (C=O) groups excluding carboxylic acids is 1. The van der Waals surface area contributed by atoms with Crippen molar-refractivity contribution in [2.24, 2.45) is 0 Å². The topological polar surface area (TPSA) is 34.9 Å². The molecule has 0 saturated carbocycles. The third kappa shape index (κ3) is 3.18. The number of ketones is 1. The van der Waals surface area contributed by atoms with Crippen molar-refractivity contribution in [2.75, 3.05) is 0 Å². The van der Waals surface area contributed by atoms with Crippen molar-refractivity contribution in [3.63, 3.8) is 0 Å². The summed E-state index contributed by atoms with van der Waals surface area (Å²) in [5, 5.41) is 4.48. The van der Waals surface area contributed by atoms with Gasteiger partial charge in [0.05, 0.1) is 12.1 Å². The fourth-order valence-electron chi connectivity index (χ4n) is 2.03. The fraction of sp³-hybridized carbons (Fsp3) is 0.375. The molecule has 0 bridgehead atoms. The lowest BCUT2D eigenvalue weighted by Gasteiger charge is -2.08. The van der Waals surface area contributed by atoms with Crippen LogP contribution in [0.4, 0.5) is 0 Å². The zero-order valence-electron chi connectivity index (χ0n) is 12.1. The van der Waals surface area contributed by atoms with Crippen molar-refractivity contribution in [3.8, 4) is 0 Å². The average molecular weight is 335 g/mol. The zero-order chi connectivity index (χ0) is 14.7. The summed E-state index contributed by atoms with van der Waals surface area (Å²) in [7, 11) is 0. The Morgan fingerprint density at radius 3 is 2.85 bits per heavy atom. The summed E-state index contributed by atoms with van der Waals surface area (Å²) in [6.07, 6.45) is 3.31. The van der Waals surface area contributed by atoms with Crippen molar-refractivity contribution in [1.82, 2.24) is 9.78 Å². The zero-order valence-corrected chi connectivity index (χ0v) is 13.6. The van der Waals surface area contributed by atoms with Gasteiger partial charge in [-0.2, -0.15) is 5.10 Å². The molecule has 0 amide bonds. The molecule has 20 heavy (non-hydrogen) atoms. The second-order valence-corrected chi connectivity index (χ2v) is 5.87. The van der Waals surface area contributed by atoms with Crippen LogP contribution in [0.5, 0.6) is 0 Å². The number of hydrogen-bond acceptors (Lipinski definition) is 2. The first-order valence-electron chi connectivity index (χ1n) is 6.85. The van der Waals surface area contributed by atoms with E-state index in [1.54, 1.807) is 0 Å². The molecule has 1 unspecified atom stereocenters. The largest absolute Gasteiger partial charge is 0.294 e. The minimum atomic E-state index is 0.0926. The maximum absolute atomic E-state index is 12.4. The lowest BCUT2D eigenvalue weighted by Crippen LogP contribution is -2.08. The van der Waals surface area contributed by atoms with Crippen molar-refractivity contribution < 1.29 is 4.79 Å². The van der Waals surface area contributed by atoms with E-state index in [0.29, 0.717) is 12.5 Å². The molecule has 2 rings (SSSR count). The molecule has 0 radical (unpaired) electrons. The van der Waals surface area contributed by atoms with Gasteiger partial charge in [-0.1, -0.05) is 25.1 Å². The monoisotopic (exact) mass is 334 g/mol. The van der Waals surface area contributed by atoms with Gasteiger partial charge >= 0.3 is 0 Å². The van der Waals surface area contributed by atoms with Gasteiger partial charge in [0, 0.05) is 22.3 Å². The predicted molar refractivity (Wildman–Crippen MR) is 84.1 cm³/mol. The second kappa shape index (κ2) is 6.35. The van der Waals surface area contributed by atoms with E-state index in [-0.39, 0.29) is 5.78 Å². The number of halogens is 1. The predicted octanol–water partition coefficient (Wildman–Crippen LogP) is 4.35. The van der Waals surface area contributed by atoms with Crippen LogP contribution < -0.4 is 0 Å². The maximum Gasteiger partial charge on any atom is 0.170 e. The van der Waals surface area contributed by atoms with Gasteiger partial charge < -0.3 is 0 Å². The van der Waals surface area contributed by atoms with E-state index in [0.717, 1.165) is 27.7 Å². The van der Waals surface area contributed by atoms with E-state index in [2.05, 4.69) is 34.9 Å². The number of aromatic nitrogens is 2. The molecule has 0 aliphatic heterocycles. The Kier molecular flexibility index (Phi) is 4.76. The molecule has 1 aromatic heterocycles. The molecular weight excluding hydrogens is 316 g/mol. The summed E-state index contributed by atoms with van der Waals surface area (Å²) >= 11 is 3.49. The van der Waals surface area contributed by atoms with Gasteiger partial charge in [-0.05, 0) is 47.8 Å². The van der Waals surface area contributed by atoms with Crippen molar-refractivity contribution in [2.45, 2.75) is 39.7 Å². The van der Waals surface area contributed by atoms with E-state index in [1.807, 2.05) is 42.1 Å². The van der Waals surface area contributed by atoms with Crippen LogP contribution in [-0.2, 0) is 6.42 Å². The highest BCUT2D eigenvalue weighted by Crippen LogP contribution is 2.22. The minimum Gasteiger partial charge on any atom is -0.294 e. The minimum absolute atomic E-state index is 0.0926. The van der Waals surface area contributed by atoms with Gasteiger partial charge in [0.15, 0.2) is 5.78 Å². The summed E-state index contributed by atoms with van der Waals surface area (Å²) < 4.78 is 2.81. The van der Waals surface area contributed by atoms with Crippen molar-refractivity contribution in [1.29, 1.82) is 0 Å². The highest BCUT2D eigenvalue weighted by atomic mass is 79.9. The van der Waals surface area contributed by atoms with E-state index in [9.17, 15) is 4.79 Å². The van der Waals surface area contributed by atoms with E-state index >= 15 is 0 Å². The van der Waals surface area contributed by atoms with Crippen LogP contribution in [0.3, 0.4) is 0 Å². The van der Waals surface area contributed by atoms with Crippen LogP contribution in [0, 0.1) is 6.92 Å². The number of nitrogens with zero attached hydrogens (tertiary/aromatic N) is 2. The summed E-state index contributed by atoms with van der Waals surface area (Å²) in [6, 6.07) is 8.03. The van der Waals surface area contributed by atoms with Crippen LogP contribution in [0.2, 0.25) is 0 Å². The van der Waals surface area contributed by atoms with Gasteiger partial charge in [-0.15, -0.1) is 0 Å². The number of aryl methyl sites for hydroxylation is 1. The molecule has 0 saturated heterocycles. The third-order valence-corrected chi connectivity index (χ3v) is 4.59. The molecule has 0 fully saturated rings. The molecule has 3 nitrogen and oxygen atoms in total. The molecule has 2 aromatic rings. The van der Waals surface area contributed by atoms with Crippen LogP contribution in [0.15, 0.2) is 34.9 Å². The molecule has 0 aliphatic rings. The maximum atomic E-state index is 12.4. The Morgan fingerprint density at radius 1 is 1.40 bits per heavy atom. The van der Waals surface area contributed by atoms with E-state index in [4.69, 9.17) is 0 Å². The summed E-state index contributed by atoms with van der Waals surface area (Å²) in [5.41, 5.74) is 2.62. The number of hydrogen-bond donors (Lipinski definition) is 0. The highest BCUT2D eigenvalue weighted by Gasteiger charge is 2.14. The molecule has 1 heterocycles. The molecule has 0 N–H and O–H groups in total. The lowest BCUT2D eigenvalue weighted by atomic mass is 10.0. The molecule has 1 atom stereocenters. The van der Waals surface area contributed by atoms with Crippen LogP contribution >= 0.6 is 15.9 Å². The normalized spacial score (nSPS) is 12.4.